The minimum absolute atomic E-state index is 0.0135. The predicted octanol–water partition coefficient (Wildman–Crippen LogP) is 7.91. The lowest BCUT2D eigenvalue weighted by Crippen LogP contribution is -2.33. The van der Waals surface area contributed by atoms with Gasteiger partial charge in [0.25, 0.3) is 0 Å². The summed E-state index contributed by atoms with van der Waals surface area (Å²) in [5.74, 6) is -0.0135. The van der Waals surface area contributed by atoms with Crippen LogP contribution in [0.1, 0.15) is 70.6 Å². The first-order chi connectivity index (χ1) is 17.6. The molecule has 188 valence electrons. The second-order valence-electron chi connectivity index (χ2n) is 10.5. The van der Waals surface area contributed by atoms with Crippen molar-refractivity contribution in [2.24, 2.45) is 0 Å². The molecular weight excluding hydrogens is 472 g/mol. The fraction of sp³-hybridized carbons (Fsp3) is 0.212. The fourth-order valence-corrected chi connectivity index (χ4v) is 4.70. The highest BCUT2D eigenvalue weighted by molar-refractivity contribution is 7.80. The summed E-state index contributed by atoms with van der Waals surface area (Å²) >= 11 is 5.73. The van der Waals surface area contributed by atoms with Crippen LogP contribution in [0.5, 0.6) is 0 Å². The van der Waals surface area contributed by atoms with Crippen LogP contribution in [-0.4, -0.2) is 10.9 Å². The van der Waals surface area contributed by atoms with Gasteiger partial charge in [0, 0.05) is 16.8 Å². The van der Waals surface area contributed by atoms with Crippen LogP contribution in [-0.2, 0) is 5.41 Å². The highest BCUT2D eigenvalue weighted by Crippen LogP contribution is 2.27. The average molecular weight is 507 g/mol. The molecule has 0 heterocycles. The molecule has 0 spiro atoms. The standard InChI is InChI=1S/C33H34N2OS/c1-22-14-19-29(23(2)20-22)30(24-10-7-6-8-11-24)35-32(37)34-28-13-9-12-26(21-28)31(36)25-15-17-27(18-16-25)33(3,4)5/h6-21,30H,1-5H3,(H2,34,35,37)/t30-/m0/s1. The fourth-order valence-electron chi connectivity index (χ4n) is 4.46. The lowest BCUT2D eigenvalue weighted by Gasteiger charge is -2.24. The molecule has 4 aromatic rings. The number of hydrogen-bond acceptors (Lipinski definition) is 2. The van der Waals surface area contributed by atoms with Gasteiger partial charge in [-0.1, -0.05) is 111 Å². The number of hydrogen-bond donors (Lipinski definition) is 2. The van der Waals surface area contributed by atoms with E-state index in [2.05, 4.69) is 75.6 Å². The predicted molar refractivity (Wildman–Crippen MR) is 159 cm³/mol. The van der Waals surface area contributed by atoms with Gasteiger partial charge in [0.15, 0.2) is 10.9 Å². The van der Waals surface area contributed by atoms with Crippen LogP contribution >= 0.6 is 12.2 Å². The summed E-state index contributed by atoms with van der Waals surface area (Å²) in [4.78, 5) is 13.2. The van der Waals surface area contributed by atoms with E-state index >= 15 is 0 Å². The first kappa shape index (κ1) is 26.3. The molecule has 0 saturated carbocycles. The zero-order chi connectivity index (χ0) is 26.6. The topological polar surface area (TPSA) is 41.1 Å². The molecule has 0 aliphatic rings. The van der Waals surface area contributed by atoms with E-state index in [1.54, 1.807) is 0 Å². The Morgan fingerprint density at radius 2 is 1.49 bits per heavy atom. The van der Waals surface area contributed by atoms with Crippen LogP contribution in [0.15, 0.2) is 97.1 Å². The largest absolute Gasteiger partial charge is 0.352 e. The molecular formula is C33H34N2OS. The van der Waals surface area contributed by atoms with Gasteiger partial charge in [-0.25, -0.2) is 0 Å². The van der Waals surface area contributed by atoms with Crippen molar-refractivity contribution in [3.05, 3.63) is 136 Å². The summed E-state index contributed by atoms with van der Waals surface area (Å²) in [5.41, 5.74) is 8.02. The summed E-state index contributed by atoms with van der Waals surface area (Å²) in [5, 5.41) is 7.27. The molecule has 0 aliphatic heterocycles. The Labute approximate surface area is 226 Å². The van der Waals surface area contributed by atoms with Crippen molar-refractivity contribution in [3.63, 3.8) is 0 Å². The van der Waals surface area contributed by atoms with E-state index in [0.717, 1.165) is 11.3 Å². The second-order valence-corrected chi connectivity index (χ2v) is 10.9. The van der Waals surface area contributed by atoms with E-state index < -0.39 is 0 Å². The molecule has 4 aromatic carbocycles. The molecule has 0 aromatic heterocycles. The summed E-state index contributed by atoms with van der Waals surface area (Å²) in [6, 6.07) is 32.0. The van der Waals surface area contributed by atoms with Gasteiger partial charge in [0.1, 0.15) is 0 Å². The van der Waals surface area contributed by atoms with Gasteiger partial charge in [-0.15, -0.1) is 0 Å². The first-order valence-corrected chi connectivity index (χ1v) is 13.0. The maximum absolute atomic E-state index is 13.2. The number of ketones is 1. The molecule has 2 N–H and O–H groups in total. The number of aryl methyl sites for hydroxylation is 2. The van der Waals surface area contributed by atoms with E-state index in [-0.39, 0.29) is 17.2 Å². The maximum Gasteiger partial charge on any atom is 0.193 e. The minimum Gasteiger partial charge on any atom is -0.352 e. The van der Waals surface area contributed by atoms with E-state index in [1.165, 1.54) is 22.3 Å². The van der Waals surface area contributed by atoms with E-state index in [0.29, 0.717) is 16.2 Å². The van der Waals surface area contributed by atoms with Crippen LogP contribution in [0.2, 0.25) is 0 Å². The lowest BCUT2D eigenvalue weighted by molar-refractivity contribution is 0.103. The molecule has 37 heavy (non-hydrogen) atoms. The van der Waals surface area contributed by atoms with Crippen LogP contribution in [0.3, 0.4) is 0 Å². The Bertz CT molecular complexity index is 1400. The third-order valence-electron chi connectivity index (χ3n) is 6.54. The summed E-state index contributed by atoms with van der Waals surface area (Å²) in [6.45, 7) is 10.7. The highest BCUT2D eigenvalue weighted by Gasteiger charge is 2.18. The van der Waals surface area contributed by atoms with E-state index in [9.17, 15) is 4.79 Å². The van der Waals surface area contributed by atoms with Crippen molar-refractivity contribution in [3.8, 4) is 0 Å². The normalized spacial score (nSPS) is 12.0. The maximum atomic E-state index is 13.2. The van der Waals surface area contributed by atoms with Gasteiger partial charge in [0.05, 0.1) is 6.04 Å². The summed E-state index contributed by atoms with van der Waals surface area (Å²) in [7, 11) is 0. The summed E-state index contributed by atoms with van der Waals surface area (Å²) in [6.07, 6.45) is 0. The molecule has 0 saturated heterocycles. The number of thiocarbonyl (C=S) groups is 1. The lowest BCUT2D eigenvalue weighted by atomic mass is 9.86. The molecule has 0 radical (unpaired) electrons. The number of benzene rings is 4. The van der Waals surface area contributed by atoms with Gasteiger partial charge in [-0.3, -0.25) is 4.79 Å². The zero-order valence-electron chi connectivity index (χ0n) is 22.1. The Morgan fingerprint density at radius 1 is 0.784 bits per heavy atom. The van der Waals surface area contributed by atoms with Crippen molar-refractivity contribution in [1.29, 1.82) is 0 Å². The second kappa shape index (κ2) is 11.1. The molecule has 0 unspecified atom stereocenters. The molecule has 0 amide bonds. The van der Waals surface area contributed by atoms with Gasteiger partial charge < -0.3 is 10.6 Å². The Morgan fingerprint density at radius 3 is 2.14 bits per heavy atom. The van der Waals surface area contributed by atoms with Gasteiger partial charge >= 0.3 is 0 Å². The van der Waals surface area contributed by atoms with Crippen LogP contribution in [0, 0.1) is 13.8 Å². The smallest absolute Gasteiger partial charge is 0.193 e. The molecule has 0 fully saturated rings. The number of carbonyl (C=O) groups is 1. The van der Waals surface area contributed by atoms with E-state index in [4.69, 9.17) is 12.2 Å². The molecule has 1 atom stereocenters. The highest BCUT2D eigenvalue weighted by atomic mass is 32.1. The number of carbonyl (C=O) groups excluding carboxylic acids is 1. The van der Waals surface area contributed by atoms with Crippen LogP contribution < -0.4 is 10.6 Å². The SMILES string of the molecule is Cc1ccc([C@@H](NC(=S)Nc2cccc(C(=O)c3ccc(C(C)(C)C)cc3)c2)c2ccccc2)c(C)c1. The number of anilines is 1. The van der Waals surface area contributed by atoms with Gasteiger partial charge in [-0.05, 0) is 65.9 Å². The summed E-state index contributed by atoms with van der Waals surface area (Å²) < 4.78 is 0. The quantitative estimate of drug-likeness (QED) is 0.206. The third-order valence-corrected chi connectivity index (χ3v) is 6.76. The van der Waals surface area contributed by atoms with Gasteiger partial charge in [-0.2, -0.15) is 0 Å². The average Bonchev–Trinajstić information content (AvgIpc) is 2.87. The number of rotatable bonds is 6. The Kier molecular flexibility index (Phi) is 7.89. The Hall–Kier alpha value is -3.76. The molecule has 3 nitrogen and oxygen atoms in total. The first-order valence-electron chi connectivity index (χ1n) is 12.6. The van der Waals surface area contributed by atoms with Crippen LogP contribution in [0.4, 0.5) is 5.69 Å². The monoisotopic (exact) mass is 506 g/mol. The minimum atomic E-state index is -0.104. The van der Waals surface area contributed by atoms with E-state index in [1.807, 2.05) is 66.7 Å². The van der Waals surface area contributed by atoms with Gasteiger partial charge in [0.2, 0.25) is 0 Å². The van der Waals surface area contributed by atoms with Crippen molar-refractivity contribution in [1.82, 2.24) is 5.32 Å². The third kappa shape index (κ3) is 6.52. The number of nitrogens with one attached hydrogen (secondary N) is 2. The molecule has 4 rings (SSSR count). The van der Waals surface area contributed by atoms with Crippen molar-refractivity contribution < 1.29 is 4.79 Å². The van der Waals surface area contributed by atoms with Crippen molar-refractivity contribution >= 4 is 28.8 Å². The van der Waals surface area contributed by atoms with Crippen molar-refractivity contribution in [2.45, 2.75) is 46.1 Å². The Balaban J connectivity index is 1.53. The molecule has 0 aliphatic carbocycles. The molecule has 0 bridgehead atoms. The van der Waals surface area contributed by atoms with Crippen molar-refractivity contribution in [2.75, 3.05) is 5.32 Å². The molecule has 4 heteroatoms. The zero-order valence-corrected chi connectivity index (χ0v) is 22.9. The van der Waals surface area contributed by atoms with Crippen LogP contribution in [0.25, 0.3) is 0 Å².